The van der Waals surface area contributed by atoms with E-state index in [2.05, 4.69) is 22.0 Å². The molecule has 0 saturated heterocycles. The number of benzene rings is 3. The number of ether oxygens (including phenoxy) is 2. The van der Waals surface area contributed by atoms with Gasteiger partial charge in [0.05, 0.1) is 25.6 Å². The number of halogens is 1. The number of rotatable bonds is 8. The van der Waals surface area contributed by atoms with Crippen LogP contribution in [-0.4, -0.2) is 29.5 Å². The summed E-state index contributed by atoms with van der Waals surface area (Å²) in [7, 11) is 3.15. The quantitative estimate of drug-likeness (QED) is 0.232. The van der Waals surface area contributed by atoms with Crippen LogP contribution in [0, 0.1) is 6.92 Å². The number of hydrogen-bond donors (Lipinski definition) is 1. The normalized spacial score (nSPS) is 10.9. The highest BCUT2D eigenvalue weighted by Gasteiger charge is 2.17. The molecule has 38 heavy (non-hydrogen) atoms. The smallest absolute Gasteiger partial charge is 0.224 e. The lowest BCUT2D eigenvalue weighted by Gasteiger charge is -2.11. The number of carbonyl (C=O) groups excluding carboxylic acids is 1. The molecule has 0 radical (unpaired) electrons. The first-order chi connectivity index (χ1) is 18.5. The fourth-order valence-corrected chi connectivity index (χ4v) is 4.87. The van der Waals surface area contributed by atoms with Gasteiger partial charge in [-0.15, -0.1) is 0 Å². The number of hydrogen-bond acceptors (Lipinski definition) is 4. The van der Waals surface area contributed by atoms with E-state index in [-0.39, 0.29) is 12.3 Å². The van der Waals surface area contributed by atoms with Gasteiger partial charge in [-0.1, -0.05) is 48.0 Å². The molecule has 0 saturated carbocycles. The molecule has 0 aliphatic rings. The van der Waals surface area contributed by atoms with Crippen LogP contribution < -0.4 is 14.8 Å². The molecule has 0 bridgehead atoms. The summed E-state index contributed by atoms with van der Waals surface area (Å²) in [5.41, 5.74) is 7.58. The van der Waals surface area contributed by atoms with E-state index in [4.69, 9.17) is 26.1 Å². The number of aryl methyl sites for hydroxylation is 2. The Bertz CT molecular complexity index is 1610. The van der Waals surface area contributed by atoms with Crippen molar-refractivity contribution in [2.45, 2.75) is 19.8 Å². The second-order valence-corrected chi connectivity index (χ2v) is 9.43. The summed E-state index contributed by atoms with van der Waals surface area (Å²) in [5.74, 6) is 1.06. The number of nitrogens with one attached hydrogen (secondary N) is 1. The van der Waals surface area contributed by atoms with Gasteiger partial charge >= 0.3 is 0 Å². The number of anilines is 1. The maximum atomic E-state index is 13.0. The third kappa shape index (κ3) is 5.22. The van der Waals surface area contributed by atoms with E-state index >= 15 is 0 Å². The Morgan fingerprint density at radius 3 is 2.45 bits per heavy atom. The van der Waals surface area contributed by atoms with Crippen LogP contribution in [0.5, 0.6) is 11.5 Å². The van der Waals surface area contributed by atoms with Crippen molar-refractivity contribution in [1.82, 2.24) is 9.38 Å². The Balaban J connectivity index is 1.47. The van der Waals surface area contributed by atoms with E-state index in [9.17, 15) is 4.79 Å². The first-order valence-electron chi connectivity index (χ1n) is 12.3. The second-order valence-electron chi connectivity index (χ2n) is 9.00. The number of imidazole rings is 1. The lowest BCUT2D eigenvalue weighted by atomic mass is 10.0. The molecular weight excluding hydrogens is 498 g/mol. The van der Waals surface area contributed by atoms with E-state index in [1.807, 2.05) is 61.5 Å². The predicted molar refractivity (Wildman–Crippen MR) is 152 cm³/mol. The largest absolute Gasteiger partial charge is 0.493 e. The average molecular weight is 526 g/mol. The highest BCUT2D eigenvalue weighted by atomic mass is 35.5. The Morgan fingerprint density at radius 2 is 1.71 bits per heavy atom. The van der Waals surface area contributed by atoms with Crippen molar-refractivity contribution in [3.05, 3.63) is 101 Å². The van der Waals surface area contributed by atoms with Crippen LogP contribution in [-0.2, 0) is 11.2 Å². The van der Waals surface area contributed by atoms with Gasteiger partial charge in [0, 0.05) is 35.0 Å². The number of nitrogens with zero attached hydrogens (tertiary/aromatic N) is 2. The summed E-state index contributed by atoms with van der Waals surface area (Å²) in [6.45, 7) is 2.05. The zero-order valence-electron chi connectivity index (χ0n) is 21.5. The summed E-state index contributed by atoms with van der Waals surface area (Å²) >= 11 is 6.19. The van der Waals surface area contributed by atoms with Crippen molar-refractivity contribution in [2.24, 2.45) is 0 Å². The fourth-order valence-electron chi connectivity index (χ4n) is 4.64. The van der Waals surface area contributed by atoms with Crippen LogP contribution in [0.2, 0.25) is 5.02 Å². The lowest BCUT2D eigenvalue weighted by Crippen LogP contribution is -2.13. The number of fused-ring (bicyclic) bond motifs is 1. The molecule has 0 fully saturated rings. The molecule has 5 aromatic rings. The van der Waals surface area contributed by atoms with Crippen molar-refractivity contribution in [2.75, 3.05) is 19.5 Å². The van der Waals surface area contributed by atoms with E-state index in [0.717, 1.165) is 39.3 Å². The summed E-state index contributed by atoms with van der Waals surface area (Å²) < 4.78 is 12.7. The van der Waals surface area contributed by atoms with E-state index < -0.39 is 0 Å². The molecule has 1 amide bonds. The summed E-state index contributed by atoms with van der Waals surface area (Å²) in [6, 6.07) is 25.4. The van der Waals surface area contributed by atoms with Crippen LogP contribution >= 0.6 is 11.6 Å². The topological polar surface area (TPSA) is 64.9 Å². The first-order valence-corrected chi connectivity index (χ1v) is 12.7. The summed E-state index contributed by atoms with van der Waals surface area (Å²) in [6.07, 6.45) is 2.88. The summed E-state index contributed by atoms with van der Waals surface area (Å²) in [4.78, 5) is 17.9. The van der Waals surface area contributed by atoms with Crippen molar-refractivity contribution < 1.29 is 14.3 Å². The fraction of sp³-hybridized carbons (Fsp3) is 0.161. The number of carbonyl (C=O) groups is 1. The van der Waals surface area contributed by atoms with Gasteiger partial charge in [0.25, 0.3) is 0 Å². The van der Waals surface area contributed by atoms with Crippen LogP contribution in [0.3, 0.4) is 0 Å². The molecule has 7 heteroatoms. The van der Waals surface area contributed by atoms with Gasteiger partial charge in [-0.2, -0.15) is 0 Å². The van der Waals surface area contributed by atoms with E-state index in [1.54, 1.807) is 32.4 Å². The lowest BCUT2D eigenvalue weighted by molar-refractivity contribution is -0.116. The number of pyridine rings is 1. The molecule has 0 aliphatic heterocycles. The Hall–Kier alpha value is -4.29. The van der Waals surface area contributed by atoms with Crippen molar-refractivity contribution in [3.8, 4) is 33.9 Å². The van der Waals surface area contributed by atoms with Crippen molar-refractivity contribution in [3.63, 3.8) is 0 Å². The minimum Gasteiger partial charge on any atom is -0.493 e. The van der Waals surface area contributed by atoms with Crippen LogP contribution in [0.15, 0.2) is 85.1 Å². The molecular formula is C31H28ClN3O3. The highest BCUT2D eigenvalue weighted by Crippen LogP contribution is 2.32. The maximum Gasteiger partial charge on any atom is 0.224 e. The third-order valence-electron chi connectivity index (χ3n) is 6.52. The molecule has 2 aromatic heterocycles. The first kappa shape index (κ1) is 25.4. The standard InChI is InChI=1S/C31H28ClN3O3/c1-20-17-23(32)10-12-25(20)22-9-15-29-34-31(21-7-5-4-6-8-21)26(35(29)19-22)13-16-30(36)33-24-11-14-27(37-2)28(18-24)38-3/h4-12,14-15,17-19H,13,16H2,1-3H3,(H,33,36). The molecule has 0 aliphatic carbocycles. The van der Waals surface area contributed by atoms with E-state index in [1.165, 1.54) is 0 Å². The maximum absolute atomic E-state index is 13.0. The van der Waals surface area contributed by atoms with Gasteiger partial charge in [0.1, 0.15) is 5.65 Å². The predicted octanol–water partition coefficient (Wildman–Crippen LogP) is 7.22. The minimum absolute atomic E-state index is 0.101. The molecule has 192 valence electrons. The highest BCUT2D eigenvalue weighted by molar-refractivity contribution is 6.30. The third-order valence-corrected chi connectivity index (χ3v) is 6.76. The van der Waals surface area contributed by atoms with Crippen LogP contribution in [0.4, 0.5) is 5.69 Å². The van der Waals surface area contributed by atoms with Gasteiger partial charge in [-0.05, 0) is 66.4 Å². The summed E-state index contributed by atoms with van der Waals surface area (Å²) in [5, 5.41) is 3.68. The van der Waals surface area contributed by atoms with Gasteiger partial charge < -0.3 is 19.2 Å². The zero-order valence-corrected chi connectivity index (χ0v) is 22.3. The van der Waals surface area contributed by atoms with Gasteiger partial charge in [0.15, 0.2) is 11.5 Å². The molecule has 0 atom stereocenters. The molecule has 5 rings (SSSR count). The molecule has 0 spiro atoms. The Kier molecular flexibility index (Phi) is 7.33. The Labute approximate surface area is 226 Å². The molecule has 0 unspecified atom stereocenters. The number of amides is 1. The van der Waals surface area contributed by atoms with Gasteiger partial charge in [-0.25, -0.2) is 4.98 Å². The van der Waals surface area contributed by atoms with Gasteiger partial charge in [-0.3, -0.25) is 4.79 Å². The van der Waals surface area contributed by atoms with E-state index in [0.29, 0.717) is 28.6 Å². The Morgan fingerprint density at radius 1 is 0.921 bits per heavy atom. The van der Waals surface area contributed by atoms with Crippen LogP contribution in [0.25, 0.3) is 28.0 Å². The number of aromatic nitrogens is 2. The minimum atomic E-state index is -0.101. The average Bonchev–Trinajstić information content (AvgIpc) is 3.30. The van der Waals surface area contributed by atoms with Crippen LogP contribution in [0.1, 0.15) is 17.7 Å². The second kappa shape index (κ2) is 11.0. The van der Waals surface area contributed by atoms with Crippen molar-refractivity contribution in [1.29, 1.82) is 0 Å². The monoisotopic (exact) mass is 525 g/mol. The molecule has 6 nitrogen and oxygen atoms in total. The zero-order chi connectivity index (χ0) is 26.6. The molecule has 3 aromatic carbocycles. The molecule has 1 N–H and O–H groups in total. The van der Waals surface area contributed by atoms with Crippen molar-refractivity contribution >= 4 is 28.8 Å². The number of methoxy groups -OCH3 is 2. The van der Waals surface area contributed by atoms with Gasteiger partial charge in [0.2, 0.25) is 5.91 Å². The molecule has 2 heterocycles. The SMILES string of the molecule is COc1ccc(NC(=O)CCc2c(-c3ccccc3)nc3ccc(-c4ccc(Cl)cc4C)cn23)cc1OC.